The summed E-state index contributed by atoms with van der Waals surface area (Å²) in [5, 5.41) is 6.40. The van der Waals surface area contributed by atoms with Crippen LogP contribution < -0.4 is 5.56 Å². The van der Waals surface area contributed by atoms with Gasteiger partial charge in [0.25, 0.3) is 11.5 Å². The number of amides is 1. The van der Waals surface area contributed by atoms with Gasteiger partial charge in [0.1, 0.15) is 0 Å². The average Bonchev–Trinajstić information content (AvgIpc) is 3.41. The average molecular weight is 435 g/mol. The number of rotatable bonds is 4. The Kier molecular flexibility index (Phi) is 5.13. The lowest BCUT2D eigenvalue weighted by atomic mass is 10.2. The lowest BCUT2D eigenvalue weighted by molar-refractivity contribution is 0.0621. The van der Waals surface area contributed by atoms with Crippen molar-refractivity contribution in [1.29, 1.82) is 0 Å². The van der Waals surface area contributed by atoms with Gasteiger partial charge in [-0.1, -0.05) is 18.2 Å². The summed E-state index contributed by atoms with van der Waals surface area (Å²) in [5.74, 6) is -0.0474. The van der Waals surface area contributed by atoms with Crippen molar-refractivity contribution in [2.45, 2.75) is 13.5 Å². The number of piperazine rings is 1. The standard InChI is InChI=1S/C22H22N6O2S/c1-16-13-19(24-28(16)18-5-3-2-4-6-18)21(30)26-9-7-25(8-10-26)15-17-14-20(29)27-11-12-31-22(27)23-17/h2-6,11-14H,7-10,15H2,1H3. The highest BCUT2D eigenvalue weighted by Gasteiger charge is 2.25. The van der Waals surface area contributed by atoms with Crippen LogP contribution in [0.1, 0.15) is 21.9 Å². The summed E-state index contributed by atoms with van der Waals surface area (Å²) in [6, 6.07) is 13.2. The number of nitrogens with zero attached hydrogens (tertiary/aromatic N) is 6. The molecule has 1 saturated heterocycles. The van der Waals surface area contributed by atoms with Crippen LogP contribution in [0.4, 0.5) is 0 Å². The van der Waals surface area contributed by atoms with Crippen LogP contribution in [0.25, 0.3) is 10.6 Å². The normalized spacial score (nSPS) is 14.9. The van der Waals surface area contributed by atoms with Gasteiger partial charge >= 0.3 is 0 Å². The summed E-state index contributed by atoms with van der Waals surface area (Å²) in [5.41, 5.74) is 3.04. The highest BCUT2D eigenvalue weighted by Crippen LogP contribution is 2.15. The monoisotopic (exact) mass is 434 g/mol. The second kappa shape index (κ2) is 8.09. The van der Waals surface area contributed by atoms with Crippen molar-refractivity contribution in [2.24, 2.45) is 0 Å². The number of aromatic nitrogens is 4. The molecule has 0 N–H and O–H groups in total. The van der Waals surface area contributed by atoms with Crippen molar-refractivity contribution in [3.05, 3.63) is 81.5 Å². The van der Waals surface area contributed by atoms with E-state index in [0.29, 0.717) is 30.3 Å². The summed E-state index contributed by atoms with van der Waals surface area (Å²) >= 11 is 1.45. The molecule has 31 heavy (non-hydrogen) atoms. The third-order valence-corrected chi connectivity index (χ3v) is 6.27. The van der Waals surface area contributed by atoms with Gasteiger partial charge < -0.3 is 4.90 Å². The molecule has 4 aromatic rings. The van der Waals surface area contributed by atoms with Crippen LogP contribution >= 0.6 is 11.3 Å². The molecule has 1 aromatic carbocycles. The Bertz CT molecular complexity index is 1280. The van der Waals surface area contributed by atoms with Crippen molar-refractivity contribution >= 4 is 22.2 Å². The summed E-state index contributed by atoms with van der Waals surface area (Å²) in [6.45, 7) is 5.26. The van der Waals surface area contributed by atoms with Crippen LogP contribution in [0, 0.1) is 6.92 Å². The van der Waals surface area contributed by atoms with E-state index in [2.05, 4.69) is 15.0 Å². The van der Waals surface area contributed by atoms with E-state index in [9.17, 15) is 9.59 Å². The van der Waals surface area contributed by atoms with Crippen molar-refractivity contribution in [3.8, 4) is 5.69 Å². The minimum absolute atomic E-state index is 0.0474. The lowest BCUT2D eigenvalue weighted by Crippen LogP contribution is -2.48. The zero-order valence-corrected chi connectivity index (χ0v) is 18.0. The number of carbonyl (C=O) groups excluding carboxylic acids is 1. The highest BCUT2D eigenvalue weighted by molar-refractivity contribution is 7.15. The van der Waals surface area contributed by atoms with E-state index in [1.165, 1.54) is 11.3 Å². The molecule has 1 aliphatic heterocycles. The van der Waals surface area contributed by atoms with Gasteiger partial charge in [-0.15, -0.1) is 11.3 Å². The molecule has 8 nitrogen and oxygen atoms in total. The number of fused-ring (bicyclic) bond motifs is 1. The number of carbonyl (C=O) groups is 1. The smallest absolute Gasteiger partial charge is 0.274 e. The van der Waals surface area contributed by atoms with Gasteiger partial charge in [-0.2, -0.15) is 5.10 Å². The molecule has 158 valence electrons. The Labute approximate surface area is 183 Å². The van der Waals surface area contributed by atoms with Crippen molar-refractivity contribution in [1.82, 2.24) is 29.0 Å². The molecule has 3 aromatic heterocycles. The molecule has 0 radical (unpaired) electrons. The van der Waals surface area contributed by atoms with E-state index in [-0.39, 0.29) is 11.5 Å². The van der Waals surface area contributed by atoms with Crippen LogP contribution in [0.5, 0.6) is 0 Å². The number of aryl methyl sites for hydroxylation is 1. The minimum Gasteiger partial charge on any atom is -0.335 e. The predicted octanol–water partition coefficient (Wildman–Crippen LogP) is 2.21. The quantitative estimate of drug-likeness (QED) is 0.492. The maximum absolute atomic E-state index is 13.0. The first kappa shape index (κ1) is 19.7. The lowest BCUT2D eigenvalue weighted by Gasteiger charge is -2.34. The zero-order chi connectivity index (χ0) is 21.4. The van der Waals surface area contributed by atoms with Crippen LogP contribution in [0.15, 0.2) is 58.8 Å². The molecule has 0 saturated carbocycles. The first-order valence-electron chi connectivity index (χ1n) is 10.2. The Morgan fingerprint density at radius 2 is 1.87 bits per heavy atom. The summed E-state index contributed by atoms with van der Waals surface area (Å²) in [6.07, 6.45) is 1.74. The van der Waals surface area contributed by atoms with Gasteiger partial charge in [-0.3, -0.25) is 18.9 Å². The first-order chi connectivity index (χ1) is 15.1. The van der Waals surface area contributed by atoms with Crippen LogP contribution in [0.3, 0.4) is 0 Å². The molecule has 4 heterocycles. The van der Waals surface area contributed by atoms with E-state index in [1.807, 2.05) is 53.6 Å². The summed E-state index contributed by atoms with van der Waals surface area (Å²) in [7, 11) is 0. The third kappa shape index (κ3) is 3.89. The van der Waals surface area contributed by atoms with Gasteiger partial charge in [-0.05, 0) is 25.1 Å². The molecule has 9 heteroatoms. The molecule has 0 unspecified atom stereocenters. The molecule has 1 aliphatic rings. The molecule has 1 amide bonds. The topological polar surface area (TPSA) is 75.7 Å². The number of hydrogen-bond donors (Lipinski definition) is 0. The van der Waals surface area contributed by atoms with E-state index in [1.54, 1.807) is 21.3 Å². The van der Waals surface area contributed by atoms with E-state index < -0.39 is 0 Å². The predicted molar refractivity (Wildman–Crippen MR) is 119 cm³/mol. The minimum atomic E-state index is -0.0561. The fourth-order valence-corrected chi connectivity index (χ4v) is 4.62. The molecular formula is C22H22N6O2S. The highest BCUT2D eigenvalue weighted by atomic mass is 32.1. The van der Waals surface area contributed by atoms with E-state index in [0.717, 1.165) is 30.2 Å². The Morgan fingerprint density at radius 3 is 2.65 bits per heavy atom. The van der Waals surface area contributed by atoms with Crippen molar-refractivity contribution < 1.29 is 4.79 Å². The Hall–Kier alpha value is -3.30. The van der Waals surface area contributed by atoms with Gasteiger partial charge in [0, 0.05) is 56.1 Å². The number of benzene rings is 1. The Morgan fingerprint density at radius 1 is 1.10 bits per heavy atom. The fourth-order valence-electron chi connectivity index (χ4n) is 3.88. The molecule has 1 fully saturated rings. The number of para-hydroxylation sites is 1. The first-order valence-corrected chi connectivity index (χ1v) is 11.1. The third-order valence-electron chi connectivity index (χ3n) is 5.51. The molecular weight excluding hydrogens is 412 g/mol. The summed E-state index contributed by atoms with van der Waals surface area (Å²) < 4.78 is 3.36. The van der Waals surface area contributed by atoms with Gasteiger partial charge in [0.2, 0.25) is 0 Å². The molecule has 5 rings (SSSR count). The molecule has 0 atom stereocenters. The SMILES string of the molecule is Cc1cc(C(=O)N2CCN(Cc3cc(=O)n4ccsc4n3)CC2)nn1-c1ccccc1. The van der Waals surface area contributed by atoms with Crippen LogP contribution in [0.2, 0.25) is 0 Å². The second-order valence-corrected chi connectivity index (χ2v) is 8.50. The van der Waals surface area contributed by atoms with E-state index >= 15 is 0 Å². The van der Waals surface area contributed by atoms with Crippen LogP contribution in [-0.4, -0.2) is 61.1 Å². The maximum Gasteiger partial charge on any atom is 0.274 e. The number of hydrogen-bond acceptors (Lipinski definition) is 6. The van der Waals surface area contributed by atoms with Gasteiger partial charge in [0.15, 0.2) is 10.7 Å². The van der Waals surface area contributed by atoms with Crippen molar-refractivity contribution in [2.75, 3.05) is 26.2 Å². The molecule has 0 bridgehead atoms. The van der Waals surface area contributed by atoms with Gasteiger partial charge in [-0.25, -0.2) is 9.67 Å². The molecule has 0 aliphatic carbocycles. The summed E-state index contributed by atoms with van der Waals surface area (Å²) in [4.78, 5) is 34.5. The largest absolute Gasteiger partial charge is 0.335 e. The van der Waals surface area contributed by atoms with Gasteiger partial charge in [0.05, 0.1) is 11.4 Å². The fraction of sp³-hybridized carbons (Fsp3) is 0.273. The number of thiazole rings is 1. The van der Waals surface area contributed by atoms with E-state index in [4.69, 9.17) is 0 Å². The Balaban J connectivity index is 1.24. The second-order valence-electron chi connectivity index (χ2n) is 7.63. The maximum atomic E-state index is 13.0. The molecule has 0 spiro atoms. The zero-order valence-electron chi connectivity index (χ0n) is 17.1. The van der Waals surface area contributed by atoms with Crippen molar-refractivity contribution in [3.63, 3.8) is 0 Å². The van der Waals surface area contributed by atoms with Crippen LogP contribution in [-0.2, 0) is 6.54 Å².